The van der Waals surface area contributed by atoms with Crippen molar-refractivity contribution in [2.75, 3.05) is 5.75 Å². The van der Waals surface area contributed by atoms with E-state index >= 15 is 0 Å². The Hall–Kier alpha value is -1.19. The molecule has 0 radical (unpaired) electrons. The second kappa shape index (κ2) is 4.18. The number of nitrogens with zero attached hydrogens (tertiary/aromatic N) is 3. The van der Waals surface area contributed by atoms with Gasteiger partial charge in [-0.1, -0.05) is 6.92 Å². The summed E-state index contributed by atoms with van der Waals surface area (Å²) in [5, 5.41) is 2.55. The fraction of sp³-hybridized carbons (Fsp3) is 0.250. The summed E-state index contributed by atoms with van der Waals surface area (Å²) in [5.41, 5.74) is 0.101. The average molecular weight is 310 g/mol. The number of imidazole rings is 1. The lowest BCUT2D eigenvalue weighted by molar-refractivity contribution is 0.579. The van der Waals surface area contributed by atoms with Crippen LogP contribution in [-0.4, -0.2) is 37.2 Å². The molecule has 0 unspecified atom stereocenters. The molecule has 2 heterocycles. The summed E-state index contributed by atoms with van der Waals surface area (Å²) in [6.07, 6.45) is 1.31. The van der Waals surface area contributed by atoms with Crippen molar-refractivity contribution in [3.05, 3.63) is 18.3 Å². The summed E-state index contributed by atoms with van der Waals surface area (Å²) in [4.78, 5) is 3.77. The maximum absolute atomic E-state index is 11.8. The van der Waals surface area contributed by atoms with Crippen molar-refractivity contribution in [1.29, 1.82) is 0 Å². The molecule has 7 nitrogen and oxygen atoms in total. The van der Waals surface area contributed by atoms with Crippen LogP contribution in [0.4, 0.5) is 0 Å². The van der Waals surface area contributed by atoms with Crippen molar-refractivity contribution >= 4 is 35.2 Å². The smallest absolute Gasteiger partial charge is 0.222 e. The first kappa shape index (κ1) is 13.2. The average Bonchev–Trinajstić information content (AvgIpc) is 2.68. The number of halogens is 1. The SMILES string of the molecule is CCS(=O)(=O)c1nc2cccnn2c1S(=O)(=O)Cl. The first-order chi connectivity index (χ1) is 8.27. The summed E-state index contributed by atoms with van der Waals surface area (Å²) in [6.45, 7) is 1.39. The van der Waals surface area contributed by atoms with Gasteiger partial charge in [-0.3, -0.25) is 0 Å². The van der Waals surface area contributed by atoms with Crippen LogP contribution in [0.15, 0.2) is 28.4 Å². The van der Waals surface area contributed by atoms with E-state index in [0.29, 0.717) is 0 Å². The Balaban J connectivity index is 3.00. The maximum atomic E-state index is 11.8. The van der Waals surface area contributed by atoms with Crippen LogP contribution in [0.3, 0.4) is 0 Å². The van der Waals surface area contributed by atoms with Crippen LogP contribution in [0, 0.1) is 0 Å². The zero-order valence-electron chi connectivity index (χ0n) is 9.11. The van der Waals surface area contributed by atoms with E-state index in [9.17, 15) is 16.8 Å². The van der Waals surface area contributed by atoms with Crippen LogP contribution >= 0.6 is 10.7 Å². The third-order valence-corrected chi connectivity index (χ3v) is 5.26. The largest absolute Gasteiger partial charge is 0.281 e. The molecule has 2 rings (SSSR count). The molecule has 0 amide bonds. The van der Waals surface area contributed by atoms with Crippen LogP contribution in [0.2, 0.25) is 0 Å². The second-order valence-corrected chi connectivity index (χ2v) is 8.03. The van der Waals surface area contributed by atoms with Crippen LogP contribution < -0.4 is 0 Å². The molecular formula is C8H8ClN3O4S2. The summed E-state index contributed by atoms with van der Waals surface area (Å²) in [6, 6.07) is 2.95. The molecule has 0 spiro atoms. The van der Waals surface area contributed by atoms with Crippen molar-refractivity contribution in [3.8, 4) is 0 Å². The highest BCUT2D eigenvalue weighted by Gasteiger charge is 2.31. The lowest BCUT2D eigenvalue weighted by atomic mass is 10.6. The molecule has 0 saturated carbocycles. The van der Waals surface area contributed by atoms with E-state index in [1.165, 1.54) is 25.3 Å². The Labute approximate surface area is 108 Å². The molecule has 0 fully saturated rings. The van der Waals surface area contributed by atoms with Gasteiger partial charge in [0.15, 0.2) is 20.5 Å². The summed E-state index contributed by atoms with van der Waals surface area (Å²) < 4.78 is 47.5. The van der Waals surface area contributed by atoms with Crippen molar-refractivity contribution < 1.29 is 16.8 Å². The molecule has 2 aromatic rings. The van der Waals surface area contributed by atoms with Gasteiger partial charge < -0.3 is 0 Å². The lowest BCUT2D eigenvalue weighted by Gasteiger charge is -1.99. The predicted molar refractivity (Wildman–Crippen MR) is 63.8 cm³/mol. The number of sulfone groups is 1. The molecule has 98 valence electrons. The van der Waals surface area contributed by atoms with E-state index in [1.54, 1.807) is 0 Å². The van der Waals surface area contributed by atoms with Crippen molar-refractivity contribution in [2.45, 2.75) is 17.0 Å². The predicted octanol–water partition coefficient (Wildman–Crippen LogP) is 0.450. The number of hydrogen-bond acceptors (Lipinski definition) is 6. The molecule has 0 atom stereocenters. The van der Waals surface area contributed by atoms with Gasteiger partial charge in [0.25, 0.3) is 9.05 Å². The zero-order valence-corrected chi connectivity index (χ0v) is 11.5. The molecule has 10 heteroatoms. The van der Waals surface area contributed by atoms with Crippen molar-refractivity contribution in [3.63, 3.8) is 0 Å². The number of aromatic nitrogens is 3. The summed E-state index contributed by atoms with van der Waals surface area (Å²) in [5.74, 6) is -0.281. The van der Waals surface area contributed by atoms with Gasteiger partial charge in [0.2, 0.25) is 5.03 Å². The number of rotatable bonds is 3. The number of fused-ring (bicyclic) bond motifs is 1. The Morgan fingerprint density at radius 1 is 1.33 bits per heavy atom. The molecule has 0 aliphatic carbocycles. The molecule has 0 bridgehead atoms. The first-order valence-electron chi connectivity index (χ1n) is 4.78. The molecule has 0 aliphatic heterocycles. The fourth-order valence-corrected chi connectivity index (χ4v) is 4.12. The van der Waals surface area contributed by atoms with Gasteiger partial charge in [0.05, 0.1) is 5.75 Å². The van der Waals surface area contributed by atoms with Crippen molar-refractivity contribution in [1.82, 2.24) is 14.6 Å². The van der Waals surface area contributed by atoms with Gasteiger partial charge in [0.1, 0.15) is 0 Å². The van der Waals surface area contributed by atoms with Crippen LogP contribution in [0.1, 0.15) is 6.92 Å². The molecule has 0 aromatic carbocycles. The highest BCUT2D eigenvalue weighted by molar-refractivity contribution is 8.14. The van der Waals surface area contributed by atoms with E-state index in [-0.39, 0.29) is 11.4 Å². The minimum atomic E-state index is -4.28. The second-order valence-electron chi connectivity index (χ2n) is 3.36. The summed E-state index contributed by atoms with van der Waals surface area (Å²) in [7, 11) is -2.83. The minimum absolute atomic E-state index is 0.101. The molecule has 0 aliphatic rings. The normalized spacial score (nSPS) is 13.0. The monoisotopic (exact) mass is 309 g/mol. The highest BCUT2D eigenvalue weighted by Crippen LogP contribution is 2.25. The Morgan fingerprint density at radius 3 is 2.56 bits per heavy atom. The molecule has 2 aromatic heterocycles. The van der Waals surface area contributed by atoms with E-state index in [0.717, 1.165) is 4.52 Å². The van der Waals surface area contributed by atoms with E-state index in [1.807, 2.05) is 0 Å². The third kappa shape index (κ3) is 2.08. The molecule has 0 saturated heterocycles. The van der Waals surface area contributed by atoms with Gasteiger partial charge in [-0.15, -0.1) is 0 Å². The Morgan fingerprint density at radius 2 is 2.00 bits per heavy atom. The van der Waals surface area contributed by atoms with E-state index in [4.69, 9.17) is 10.7 Å². The molecular weight excluding hydrogens is 302 g/mol. The quantitative estimate of drug-likeness (QED) is 0.763. The third-order valence-electron chi connectivity index (χ3n) is 2.23. The molecule has 18 heavy (non-hydrogen) atoms. The Kier molecular flexibility index (Phi) is 3.07. The minimum Gasteiger partial charge on any atom is -0.222 e. The number of hydrogen-bond donors (Lipinski definition) is 0. The highest BCUT2D eigenvalue weighted by atomic mass is 35.7. The first-order valence-corrected chi connectivity index (χ1v) is 8.74. The van der Waals surface area contributed by atoms with Gasteiger partial charge in [0, 0.05) is 16.9 Å². The van der Waals surface area contributed by atoms with Gasteiger partial charge in [-0.05, 0) is 12.1 Å². The van der Waals surface area contributed by atoms with Gasteiger partial charge in [-0.25, -0.2) is 21.8 Å². The van der Waals surface area contributed by atoms with Crippen molar-refractivity contribution in [2.24, 2.45) is 0 Å². The van der Waals surface area contributed by atoms with E-state index < -0.39 is 28.9 Å². The lowest BCUT2D eigenvalue weighted by Crippen LogP contribution is -2.10. The Bertz CT molecular complexity index is 810. The summed E-state index contributed by atoms with van der Waals surface area (Å²) >= 11 is 0. The maximum Gasteiger partial charge on any atom is 0.281 e. The topological polar surface area (TPSA) is 98.5 Å². The fourth-order valence-electron chi connectivity index (χ4n) is 1.39. The standard InChI is InChI=1S/C8H8ClN3O4S2/c1-2-17(13,14)7-8(18(9,15)16)12-6(11-7)4-3-5-10-12/h3-5H,2H2,1H3. The molecule has 0 N–H and O–H groups in total. The van der Waals surface area contributed by atoms with Crippen LogP contribution in [0.5, 0.6) is 0 Å². The van der Waals surface area contributed by atoms with Gasteiger partial charge >= 0.3 is 0 Å². The zero-order chi connectivity index (χ0) is 13.6. The van der Waals surface area contributed by atoms with Crippen LogP contribution in [-0.2, 0) is 18.9 Å². The van der Waals surface area contributed by atoms with Gasteiger partial charge in [-0.2, -0.15) is 9.61 Å². The van der Waals surface area contributed by atoms with Crippen LogP contribution in [0.25, 0.3) is 5.65 Å². The van der Waals surface area contributed by atoms with E-state index in [2.05, 4.69) is 10.1 Å².